The van der Waals surface area contributed by atoms with Crippen LogP contribution in [0.15, 0.2) is 67.0 Å². The Bertz CT molecular complexity index is 724. The summed E-state index contributed by atoms with van der Waals surface area (Å²) in [5.41, 5.74) is 4.19. The van der Waals surface area contributed by atoms with Crippen LogP contribution in [0.25, 0.3) is 11.3 Å². The van der Waals surface area contributed by atoms with Gasteiger partial charge in [0.2, 0.25) is 0 Å². The third-order valence-electron chi connectivity index (χ3n) is 3.45. The quantitative estimate of drug-likeness (QED) is 0.750. The number of rotatable bonds is 5. The highest BCUT2D eigenvalue weighted by Gasteiger charge is 2.07. The van der Waals surface area contributed by atoms with Gasteiger partial charge in [-0.05, 0) is 17.7 Å². The van der Waals surface area contributed by atoms with E-state index in [2.05, 4.69) is 32.7 Å². The number of benzene rings is 2. The van der Waals surface area contributed by atoms with E-state index in [-0.39, 0.29) is 0 Å². The van der Waals surface area contributed by atoms with E-state index >= 15 is 0 Å². The van der Waals surface area contributed by atoms with Crippen LogP contribution < -0.4 is 10.6 Å². The summed E-state index contributed by atoms with van der Waals surface area (Å²) in [6, 6.07) is 18.4. The lowest BCUT2D eigenvalue weighted by atomic mass is 10.1. The predicted octanol–water partition coefficient (Wildman–Crippen LogP) is 3.80. The monoisotopic (exact) mass is 290 g/mol. The topological polar surface area (TPSA) is 49.8 Å². The van der Waals surface area contributed by atoms with E-state index in [4.69, 9.17) is 0 Å². The molecular weight excluding hydrogens is 272 g/mol. The van der Waals surface area contributed by atoms with Crippen LogP contribution in [0.2, 0.25) is 0 Å². The lowest BCUT2D eigenvalue weighted by Crippen LogP contribution is -2.04. The minimum Gasteiger partial charge on any atom is -0.388 e. The standard InChI is InChI=1S/C18H18N4/c1-19-16-9-7-15(8-10-16)17-18(21-12-11-20-17)22-13-14-5-3-2-4-6-14/h2-12,19H,13H2,1H3,(H,21,22). The van der Waals surface area contributed by atoms with Gasteiger partial charge in [0.05, 0.1) is 0 Å². The number of nitrogens with zero attached hydrogens (tertiary/aromatic N) is 2. The summed E-state index contributed by atoms with van der Waals surface area (Å²) < 4.78 is 0. The molecule has 0 aliphatic heterocycles. The van der Waals surface area contributed by atoms with Gasteiger partial charge in [-0.1, -0.05) is 42.5 Å². The molecule has 2 aromatic carbocycles. The molecule has 4 heteroatoms. The maximum atomic E-state index is 4.47. The Balaban J connectivity index is 1.83. The van der Waals surface area contributed by atoms with E-state index in [1.54, 1.807) is 12.4 Å². The molecule has 0 radical (unpaired) electrons. The molecule has 0 saturated heterocycles. The second kappa shape index (κ2) is 6.72. The van der Waals surface area contributed by atoms with Crippen LogP contribution in [-0.2, 0) is 6.54 Å². The normalized spacial score (nSPS) is 10.2. The van der Waals surface area contributed by atoms with Crippen molar-refractivity contribution in [1.82, 2.24) is 9.97 Å². The molecular formula is C18H18N4. The second-order valence-corrected chi connectivity index (χ2v) is 4.92. The lowest BCUT2D eigenvalue weighted by Gasteiger charge is -2.10. The molecule has 110 valence electrons. The van der Waals surface area contributed by atoms with E-state index in [9.17, 15) is 0 Å². The van der Waals surface area contributed by atoms with E-state index in [1.807, 2.05) is 49.5 Å². The number of hydrogen-bond acceptors (Lipinski definition) is 4. The van der Waals surface area contributed by atoms with Crippen molar-refractivity contribution in [2.24, 2.45) is 0 Å². The molecule has 0 bridgehead atoms. The molecule has 2 N–H and O–H groups in total. The highest BCUT2D eigenvalue weighted by molar-refractivity contribution is 5.72. The van der Waals surface area contributed by atoms with E-state index in [1.165, 1.54) is 5.56 Å². The van der Waals surface area contributed by atoms with Crippen molar-refractivity contribution < 1.29 is 0 Å². The molecule has 0 unspecified atom stereocenters. The van der Waals surface area contributed by atoms with Gasteiger partial charge in [-0.15, -0.1) is 0 Å². The zero-order chi connectivity index (χ0) is 15.2. The molecule has 0 spiro atoms. The Morgan fingerprint density at radius 2 is 1.59 bits per heavy atom. The number of hydrogen-bond donors (Lipinski definition) is 2. The number of anilines is 2. The first-order valence-corrected chi connectivity index (χ1v) is 7.24. The fourth-order valence-electron chi connectivity index (χ4n) is 2.26. The largest absolute Gasteiger partial charge is 0.388 e. The molecule has 0 saturated carbocycles. The summed E-state index contributed by atoms with van der Waals surface area (Å²) in [7, 11) is 1.91. The predicted molar refractivity (Wildman–Crippen MR) is 90.8 cm³/mol. The number of aromatic nitrogens is 2. The summed E-state index contributed by atoms with van der Waals surface area (Å²) in [4.78, 5) is 8.89. The van der Waals surface area contributed by atoms with Crippen LogP contribution in [-0.4, -0.2) is 17.0 Å². The Labute approximate surface area is 130 Å². The minimum absolute atomic E-state index is 0.723. The van der Waals surface area contributed by atoms with Crippen molar-refractivity contribution in [3.63, 3.8) is 0 Å². The molecule has 1 heterocycles. The van der Waals surface area contributed by atoms with Crippen molar-refractivity contribution in [2.75, 3.05) is 17.7 Å². The van der Waals surface area contributed by atoms with Crippen LogP contribution in [0.3, 0.4) is 0 Å². The first-order chi connectivity index (χ1) is 10.9. The molecule has 0 aliphatic rings. The Morgan fingerprint density at radius 3 is 2.32 bits per heavy atom. The third kappa shape index (κ3) is 3.23. The van der Waals surface area contributed by atoms with Crippen LogP contribution in [0.5, 0.6) is 0 Å². The van der Waals surface area contributed by atoms with Crippen LogP contribution in [0.4, 0.5) is 11.5 Å². The SMILES string of the molecule is CNc1ccc(-c2nccnc2NCc2ccccc2)cc1. The summed E-state index contributed by atoms with van der Waals surface area (Å²) in [6.07, 6.45) is 3.42. The zero-order valence-electron chi connectivity index (χ0n) is 12.5. The third-order valence-corrected chi connectivity index (χ3v) is 3.45. The van der Waals surface area contributed by atoms with Crippen molar-refractivity contribution in [3.05, 3.63) is 72.6 Å². The zero-order valence-corrected chi connectivity index (χ0v) is 12.5. The second-order valence-electron chi connectivity index (χ2n) is 4.92. The smallest absolute Gasteiger partial charge is 0.152 e. The van der Waals surface area contributed by atoms with Gasteiger partial charge >= 0.3 is 0 Å². The molecule has 3 rings (SSSR count). The van der Waals surface area contributed by atoms with Gasteiger partial charge in [0.1, 0.15) is 5.69 Å². The fraction of sp³-hybridized carbons (Fsp3) is 0.111. The lowest BCUT2D eigenvalue weighted by molar-refractivity contribution is 1.09. The Kier molecular flexibility index (Phi) is 4.30. The van der Waals surface area contributed by atoms with E-state index in [0.29, 0.717) is 0 Å². The molecule has 0 atom stereocenters. The molecule has 0 fully saturated rings. The first-order valence-electron chi connectivity index (χ1n) is 7.24. The Morgan fingerprint density at radius 1 is 0.864 bits per heavy atom. The maximum Gasteiger partial charge on any atom is 0.152 e. The summed E-state index contributed by atoms with van der Waals surface area (Å²) in [5.74, 6) is 0.795. The average Bonchev–Trinajstić information content (AvgIpc) is 2.61. The van der Waals surface area contributed by atoms with E-state index in [0.717, 1.165) is 29.3 Å². The van der Waals surface area contributed by atoms with Crippen molar-refractivity contribution in [3.8, 4) is 11.3 Å². The summed E-state index contributed by atoms with van der Waals surface area (Å²) >= 11 is 0. The highest BCUT2D eigenvalue weighted by atomic mass is 15.0. The van der Waals surface area contributed by atoms with Gasteiger partial charge < -0.3 is 10.6 Å². The Hall–Kier alpha value is -2.88. The van der Waals surface area contributed by atoms with Crippen molar-refractivity contribution in [2.45, 2.75) is 6.54 Å². The molecule has 3 aromatic rings. The molecule has 4 nitrogen and oxygen atoms in total. The molecule has 1 aromatic heterocycles. The van der Waals surface area contributed by atoms with Crippen LogP contribution >= 0.6 is 0 Å². The van der Waals surface area contributed by atoms with Gasteiger partial charge in [-0.3, -0.25) is 4.98 Å². The molecule has 0 aliphatic carbocycles. The van der Waals surface area contributed by atoms with Gasteiger partial charge in [0.15, 0.2) is 5.82 Å². The van der Waals surface area contributed by atoms with Gasteiger partial charge in [0.25, 0.3) is 0 Å². The van der Waals surface area contributed by atoms with Crippen molar-refractivity contribution in [1.29, 1.82) is 0 Å². The van der Waals surface area contributed by atoms with Gasteiger partial charge in [-0.2, -0.15) is 0 Å². The average molecular weight is 290 g/mol. The summed E-state index contributed by atoms with van der Waals surface area (Å²) in [6.45, 7) is 0.723. The minimum atomic E-state index is 0.723. The van der Waals surface area contributed by atoms with Gasteiger partial charge in [0, 0.05) is 37.2 Å². The highest BCUT2D eigenvalue weighted by Crippen LogP contribution is 2.25. The van der Waals surface area contributed by atoms with Gasteiger partial charge in [-0.25, -0.2) is 4.98 Å². The van der Waals surface area contributed by atoms with Crippen molar-refractivity contribution >= 4 is 11.5 Å². The first kappa shape index (κ1) is 14.1. The molecule has 22 heavy (non-hydrogen) atoms. The molecule has 0 amide bonds. The fourth-order valence-corrected chi connectivity index (χ4v) is 2.26. The van der Waals surface area contributed by atoms with Crippen LogP contribution in [0, 0.1) is 0 Å². The maximum absolute atomic E-state index is 4.47. The number of nitrogens with one attached hydrogen (secondary N) is 2. The summed E-state index contributed by atoms with van der Waals surface area (Å²) in [5, 5.41) is 6.48. The van der Waals surface area contributed by atoms with E-state index < -0.39 is 0 Å². The van der Waals surface area contributed by atoms with Crippen LogP contribution in [0.1, 0.15) is 5.56 Å².